The van der Waals surface area contributed by atoms with Gasteiger partial charge in [0, 0.05) is 24.7 Å². The van der Waals surface area contributed by atoms with E-state index in [1.807, 2.05) is 30.8 Å². The zero-order valence-electron chi connectivity index (χ0n) is 9.86. The van der Waals surface area contributed by atoms with Crippen LogP contribution in [0.4, 0.5) is 0 Å². The molecule has 1 N–H and O–H groups in total. The van der Waals surface area contributed by atoms with Gasteiger partial charge in [0.2, 0.25) is 0 Å². The minimum atomic E-state index is 0.309. The molecule has 0 aliphatic rings. The van der Waals surface area contributed by atoms with Crippen LogP contribution in [0, 0.1) is 13.8 Å². The normalized spacial score (nSPS) is 10.7. The third-order valence-electron chi connectivity index (χ3n) is 2.98. The molecule has 0 spiro atoms. The maximum absolute atomic E-state index is 9.22. The van der Waals surface area contributed by atoms with E-state index in [-0.39, 0.29) is 0 Å². The number of hydrogen-bond donors (Lipinski definition) is 1. The zero-order chi connectivity index (χ0) is 11.7. The predicted octanol–water partition coefficient (Wildman–Crippen LogP) is 2.33. The lowest BCUT2D eigenvalue weighted by Crippen LogP contribution is -1.95. The Morgan fingerprint density at radius 3 is 2.31 bits per heavy atom. The Balaban J connectivity index is 2.30. The van der Waals surface area contributed by atoms with Crippen molar-refractivity contribution in [2.75, 3.05) is 0 Å². The highest BCUT2D eigenvalue weighted by molar-refractivity contribution is 5.34. The van der Waals surface area contributed by atoms with Crippen LogP contribution in [0.1, 0.15) is 22.5 Å². The molecular formula is C13H16N2O. The fraction of sp³-hybridized carbons (Fsp3) is 0.308. The monoisotopic (exact) mass is 216 g/mol. The van der Waals surface area contributed by atoms with Crippen molar-refractivity contribution >= 4 is 0 Å². The van der Waals surface area contributed by atoms with Crippen LogP contribution in [0.25, 0.3) is 0 Å². The molecule has 0 saturated carbocycles. The van der Waals surface area contributed by atoms with Gasteiger partial charge in [-0.25, -0.2) is 0 Å². The van der Waals surface area contributed by atoms with Crippen LogP contribution < -0.4 is 0 Å². The largest absolute Gasteiger partial charge is 0.508 e. The van der Waals surface area contributed by atoms with Crippen molar-refractivity contribution in [3.8, 4) is 5.75 Å². The molecule has 0 amide bonds. The van der Waals surface area contributed by atoms with E-state index in [1.54, 1.807) is 12.1 Å². The van der Waals surface area contributed by atoms with Gasteiger partial charge in [-0.3, -0.25) is 4.68 Å². The molecule has 84 valence electrons. The van der Waals surface area contributed by atoms with E-state index in [4.69, 9.17) is 0 Å². The Bertz CT molecular complexity index is 497. The number of phenolic OH excluding ortho intramolecular Hbond substituents is 1. The Morgan fingerprint density at radius 2 is 1.81 bits per heavy atom. The van der Waals surface area contributed by atoms with Gasteiger partial charge in [-0.2, -0.15) is 5.10 Å². The average molecular weight is 216 g/mol. The number of nitrogens with zero attached hydrogens (tertiary/aromatic N) is 2. The zero-order valence-corrected chi connectivity index (χ0v) is 9.86. The first kappa shape index (κ1) is 10.7. The first-order valence-corrected chi connectivity index (χ1v) is 5.35. The molecule has 3 nitrogen and oxygen atoms in total. The Hall–Kier alpha value is -1.77. The number of aromatic nitrogens is 2. The summed E-state index contributed by atoms with van der Waals surface area (Å²) in [5.74, 6) is 0.309. The molecular weight excluding hydrogens is 200 g/mol. The summed E-state index contributed by atoms with van der Waals surface area (Å²) in [4.78, 5) is 0. The number of rotatable bonds is 2. The summed E-state index contributed by atoms with van der Waals surface area (Å²) in [6, 6.07) is 7.33. The van der Waals surface area contributed by atoms with Crippen molar-refractivity contribution in [2.24, 2.45) is 7.05 Å². The summed E-state index contributed by atoms with van der Waals surface area (Å²) < 4.78 is 1.91. The fourth-order valence-electron chi connectivity index (χ4n) is 1.89. The third-order valence-corrected chi connectivity index (χ3v) is 2.98. The SMILES string of the molecule is Cc1nn(C)c(C)c1Cc1ccc(O)cc1. The lowest BCUT2D eigenvalue weighted by atomic mass is 10.0. The van der Waals surface area contributed by atoms with Crippen LogP contribution in [0.2, 0.25) is 0 Å². The standard InChI is InChI=1S/C13H16N2O/c1-9-13(10(2)15(3)14-9)8-11-4-6-12(16)7-5-11/h4-7,16H,8H2,1-3H3. The maximum Gasteiger partial charge on any atom is 0.115 e. The number of aromatic hydroxyl groups is 1. The molecule has 0 unspecified atom stereocenters. The van der Waals surface area contributed by atoms with Crippen molar-refractivity contribution in [1.82, 2.24) is 9.78 Å². The molecule has 3 heteroatoms. The lowest BCUT2D eigenvalue weighted by molar-refractivity contribution is 0.475. The summed E-state index contributed by atoms with van der Waals surface area (Å²) in [7, 11) is 1.96. The Morgan fingerprint density at radius 1 is 1.19 bits per heavy atom. The summed E-state index contributed by atoms with van der Waals surface area (Å²) in [6.07, 6.45) is 0.867. The van der Waals surface area contributed by atoms with E-state index < -0.39 is 0 Å². The van der Waals surface area contributed by atoms with E-state index in [0.29, 0.717) is 5.75 Å². The van der Waals surface area contributed by atoms with Gasteiger partial charge in [0.25, 0.3) is 0 Å². The first-order valence-electron chi connectivity index (χ1n) is 5.35. The van der Waals surface area contributed by atoms with Gasteiger partial charge < -0.3 is 5.11 Å². The van der Waals surface area contributed by atoms with Gasteiger partial charge in [-0.15, -0.1) is 0 Å². The number of aryl methyl sites for hydroxylation is 2. The number of benzene rings is 1. The molecule has 2 aromatic rings. The van der Waals surface area contributed by atoms with Gasteiger partial charge in [-0.05, 0) is 31.5 Å². The van der Waals surface area contributed by atoms with E-state index in [0.717, 1.165) is 12.1 Å². The van der Waals surface area contributed by atoms with E-state index in [9.17, 15) is 5.11 Å². The third kappa shape index (κ3) is 1.94. The molecule has 2 rings (SSSR count). The molecule has 0 bridgehead atoms. The molecule has 1 aromatic carbocycles. The van der Waals surface area contributed by atoms with Gasteiger partial charge in [-0.1, -0.05) is 12.1 Å². The molecule has 16 heavy (non-hydrogen) atoms. The number of hydrogen-bond acceptors (Lipinski definition) is 2. The fourth-order valence-corrected chi connectivity index (χ4v) is 1.89. The van der Waals surface area contributed by atoms with Crippen molar-refractivity contribution in [1.29, 1.82) is 0 Å². The first-order chi connectivity index (χ1) is 7.58. The predicted molar refractivity (Wildman–Crippen MR) is 63.6 cm³/mol. The van der Waals surface area contributed by atoms with Crippen LogP contribution in [0.15, 0.2) is 24.3 Å². The van der Waals surface area contributed by atoms with Gasteiger partial charge in [0.05, 0.1) is 5.69 Å². The summed E-state index contributed by atoms with van der Waals surface area (Å²) in [5.41, 5.74) is 4.74. The Kier molecular flexibility index (Phi) is 2.69. The molecule has 0 aliphatic heterocycles. The van der Waals surface area contributed by atoms with Gasteiger partial charge in [0.15, 0.2) is 0 Å². The summed E-state index contributed by atoms with van der Waals surface area (Å²) in [5, 5.41) is 13.6. The minimum Gasteiger partial charge on any atom is -0.508 e. The van der Waals surface area contributed by atoms with Crippen molar-refractivity contribution in [3.05, 3.63) is 46.8 Å². The van der Waals surface area contributed by atoms with Crippen LogP contribution in [-0.2, 0) is 13.5 Å². The molecule has 0 radical (unpaired) electrons. The average Bonchev–Trinajstić information content (AvgIpc) is 2.48. The summed E-state index contributed by atoms with van der Waals surface area (Å²) >= 11 is 0. The molecule has 0 atom stereocenters. The molecule has 1 heterocycles. The molecule has 0 aliphatic carbocycles. The van der Waals surface area contributed by atoms with Gasteiger partial charge in [0.1, 0.15) is 5.75 Å². The van der Waals surface area contributed by atoms with Crippen LogP contribution >= 0.6 is 0 Å². The van der Waals surface area contributed by atoms with E-state index >= 15 is 0 Å². The molecule has 0 saturated heterocycles. The second-order valence-electron chi connectivity index (χ2n) is 4.12. The maximum atomic E-state index is 9.22. The molecule has 1 aromatic heterocycles. The summed E-state index contributed by atoms with van der Waals surface area (Å²) in [6.45, 7) is 4.11. The quantitative estimate of drug-likeness (QED) is 0.836. The topological polar surface area (TPSA) is 38.0 Å². The van der Waals surface area contributed by atoms with E-state index in [2.05, 4.69) is 12.0 Å². The number of phenols is 1. The van der Waals surface area contributed by atoms with Crippen molar-refractivity contribution in [3.63, 3.8) is 0 Å². The van der Waals surface area contributed by atoms with Crippen LogP contribution in [0.3, 0.4) is 0 Å². The smallest absolute Gasteiger partial charge is 0.115 e. The van der Waals surface area contributed by atoms with Crippen molar-refractivity contribution in [2.45, 2.75) is 20.3 Å². The highest BCUT2D eigenvalue weighted by atomic mass is 16.3. The highest BCUT2D eigenvalue weighted by Gasteiger charge is 2.09. The Labute approximate surface area is 95.3 Å². The van der Waals surface area contributed by atoms with Crippen LogP contribution in [0.5, 0.6) is 5.75 Å². The van der Waals surface area contributed by atoms with Crippen LogP contribution in [-0.4, -0.2) is 14.9 Å². The van der Waals surface area contributed by atoms with Crippen molar-refractivity contribution < 1.29 is 5.11 Å². The van der Waals surface area contributed by atoms with E-state index in [1.165, 1.54) is 16.8 Å². The second kappa shape index (κ2) is 4.00. The highest BCUT2D eigenvalue weighted by Crippen LogP contribution is 2.18. The lowest BCUT2D eigenvalue weighted by Gasteiger charge is -2.02. The molecule has 0 fully saturated rings. The second-order valence-corrected chi connectivity index (χ2v) is 4.12. The minimum absolute atomic E-state index is 0.309. The van der Waals surface area contributed by atoms with Gasteiger partial charge >= 0.3 is 0 Å².